The number of nitrogens with zero attached hydrogens (tertiary/aromatic N) is 2. The van der Waals surface area contributed by atoms with Gasteiger partial charge in [-0.05, 0) is 12.1 Å². The van der Waals surface area contributed by atoms with Crippen molar-refractivity contribution < 1.29 is 10.0 Å². The lowest BCUT2D eigenvalue weighted by atomic mass is 10.1. The molecule has 0 spiro atoms. The zero-order valence-corrected chi connectivity index (χ0v) is 14.2. The minimum absolute atomic E-state index is 0.355. The molecule has 1 aromatic heterocycles. The van der Waals surface area contributed by atoms with Crippen LogP contribution in [0.3, 0.4) is 0 Å². The monoisotopic (exact) mass is 357 g/mol. The van der Waals surface area contributed by atoms with Crippen LogP contribution in [-0.2, 0) is 0 Å². The van der Waals surface area contributed by atoms with Gasteiger partial charge < -0.3 is 10.1 Å². The number of phenols is 1. The highest BCUT2D eigenvalue weighted by Crippen LogP contribution is 2.35. The van der Waals surface area contributed by atoms with Gasteiger partial charge in [0.25, 0.3) is 0 Å². The largest absolute Gasteiger partial charge is 0.502 e. The molecule has 6 heteroatoms. The highest BCUT2D eigenvalue weighted by atomic mass is 16.6. The van der Waals surface area contributed by atoms with Crippen molar-refractivity contribution in [1.29, 1.82) is 0 Å². The average molecular weight is 357 g/mol. The summed E-state index contributed by atoms with van der Waals surface area (Å²) in [6.07, 6.45) is 0. The molecule has 0 atom stereocenters. The van der Waals surface area contributed by atoms with Crippen LogP contribution in [0.2, 0.25) is 0 Å². The quantitative estimate of drug-likeness (QED) is 0.396. The van der Waals surface area contributed by atoms with E-state index in [1.807, 2.05) is 60.7 Å². The number of aromatic nitrogens is 2. The number of aromatic amines is 1. The summed E-state index contributed by atoms with van der Waals surface area (Å²) in [6, 6.07) is 23.7. The summed E-state index contributed by atoms with van der Waals surface area (Å²) in [5.41, 5.74) is 3.65. The number of nitro benzene ring substituents is 1. The van der Waals surface area contributed by atoms with E-state index in [-0.39, 0.29) is 11.4 Å². The molecule has 2 N–H and O–H groups in total. The zero-order chi connectivity index (χ0) is 18.8. The molecule has 0 saturated heterocycles. The average Bonchev–Trinajstić information content (AvgIpc) is 3.15. The van der Waals surface area contributed by atoms with Crippen molar-refractivity contribution in [3.8, 4) is 39.7 Å². The number of nitrogens with one attached hydrogen (secondary N) is 1. The first kappa shape index (κ1) is 16.5. The maximum atomic E-state index is 11.1. The van der Waals surface area contributed by atoms with Gasteiger partial charge in [-0.25, -0.2) is 4.98 Å². The first-order chi connectivity index (χ1) is 13.1. The van der Waals surface area contributed by atoms with Crippen LogP contribution in [-0.4, -0.2) is 20.0 Å². The summed E-state index contributed by atoms with van der Waals surface area (Å²) in [5, 5.41) is 20.8. The van der Waals surface area contributed by atoms with Crippen LogP contribution in [0.25, 0.3) is 33.9 Å². The highest BCUT2D eigenvalue weighted by molar-refractivity contribution is 5.81. The Bertz CT molecular complexity index is 1050. The molecule has 0 fully saturated rings. The summed E-state index contributed by atoms with van der Waals surface area (Å²) in [7, 11) is 0. The van der Waals surface area contributed by atoms with E-state index >= 15 is 0 Å². The van der Waals surface area contributed by atoms with Crippen LogP contribution in [0.1, 0.15) is 0 Å². The van der Waals surface area contributed by atoms with Gasteiger partial charge in [-0.1, -0.05) is 60.7 Å². The SMILES string of the molecule is O=[N+]([O-])c1cc(-c2nc(-c3ccccc3)c(-c3ccccc3)[nH]2)ccc1O. The van der Waals surface area contributed by atoms with Crippen molar-refractivity contribution in [1.82, 2.24) is 9.97 Å². The van der Waals surface area contributed by atoms with E-state index in [4.69, 9.17) is 4.98 Å². The second-order valence-corrected chi connectivity index (χ2v) is 6.00. The molecule has 6 nitrogen and oxygen atoms in total. The number of aromatic hydroxyl groups is 1. The number of nitro groups is 1. The Hall–Kier alpha value is -3.93. The van der Waals surface area contributed by atoms with E-state index in [0.29, 0.717) is 11.4 Å². The van der Waals surface area contributed by atoms with Gasteiger partial charge in [0.15, 0.2) is 5.75 Å². The molecule has 27 heavy (non-hydrogen) atoms. The number of hydrogen-bond acceptors (Lipinski definition) is 4. The van der Waals surface area contributed by atoms with Crippen molar-refractivity contribution in [2.24, 2.45) is 0 Å². The molecule has 0 saturated carbocycles. The zero-order valence-electron chi connectivity index (χ0n) is 14.2. The van der Waals surface area contributed by atoms with Gasteiger partial charge in [-0.2, -0.15) is 0 Å². The number of benzene rings is 3. The fourth-order valence-electron chi connectivity index (χ4n) is 2.95. The molecule has 0 aliphatic carbocycles. The van der Waals surface area contributed by atoms with E-state index in [0.717, 1.165) is 22.5 Å². The van der Waals surface area contributed by atoms with Crippen LogP contribution in [0.5, 0.6) is 5.75 Å². The molecular formula is C21H15N3O3. The van der Waals surface area contributed by atoms with Gasteiger partial charge in [-0.15, -0.1) is 0 Å². The maximum absolute atomic E-state index is 11.1. The number of H-pyrrole nitrogens is 1. The Kier molecular flexibility index (Phi) is 4.14. The summed E-state index contributed by atoms with van der Waals surface area (Å²) in [5.74, 6) is 0.123. The standard InChI is InChI=1S/C21H15N3O3/c25-18-12-11-16(13-17(18)24(26)27)21-22-19(14-7-3-1-4-8-14)20(23-21)15-9-5-2-6-10-15/h1-13,25H,(H,22,23). The van der Waals surface area contributed by atoms with Crippen LogP contribution in [0, 0.1) is 10.1 Å². The Morgan fingerprint density at radius 3 is 2.11 bits per heavy atom. The van der Waals surface area contributed by atoms with Gasteiger partial charge >= 0.3 is 5.69 Å². The predicted molar refractivity (Wildman–Crippen MR) is 103 cm³/mol. The smallest absolute Gasteiger partial charge is 0.311 e. The van der Waals surface area contributed by atoms with Gasteiger partial charge in [-0.3, -0.25) is 10.1 Å². The van der Waals surface area contributed by atoms with Crippen molar-refractivity contribution >= 4 is 5.69 Å². The maximum Gasteiger partial charge on any atom is 0.311 e. The lowest BCUT2D eigenvalue weighted by Gasteiger charge is -2.02. The number of imidazole rings is 1. The minimum atomic E-state index is -0.613. The lowest BCUT2D eigenvalue weighted by Crippen LogP contribution is -1.90. The van der Waals surface area contributed by atoms with Gasteiger partial charge in [0, 0.05) is 22.8 Å². The minimum Gasteiger partial charge on any atom is -0.502 e. The molecule has 0 aliphatic rings. The third-order valence-electron chi connectivity index (χ3n) is 4.26. The molecule has 4 aromatic rings. The Morgan fingerprint density at radius 2 is 1.48 bits per heavy atom. The van der Waals surface area contributed by atoms with Crippen LogP contribution < -0.4 is 0 Å². The van der Waals surface area contributed by atoms with E-state index in [1.165, 1.54) is 12.1 Å². The Labute approximate surface area is 154 Å². The predicted octanol–water partition coefficient (Wildman–Crippen LogP) is 5.02. The summed E-state index contributed by atoms with van der Waals surface area (Å²) in [4.78, 5) is 18.5. The summed E-state index contributed by atoms with van der Waals surface area (Å²) in [6.45, 7) is 0. The fraction of sp³-hybridized carbons (Fsp3) is 0. The van der Waals surface area contributed by atoms with E-state index in [1.54, 1.807) is 6.07 Å². The molecule has 0 bridgehead atoms. The Balaban J connectivity index is 1.90. The van der Waals surface area contributed by atoms with Crippen molar-refractivity contribution in [2.45, 2.75) is 0 Å². The van der Waals surface area contributed by atoms with Crippen LogP contribution in [0.15, 0.2) is 78.9 Å². The molecular weight excluding hydrogens is 342 g/mol. The van der Waals surface area contributed by atoms with E-state index < -0.39 is 4.92 Å². The first-order valence-corrected chi connectivity index (χ1v) is 8.32. The van der Waals surface area contributed by atoms with E-state index in [9.17, 15) is 15.2 Å². The number of hydrogen-bond donors (Lipinski definition) is 2. The third-order valence-corrected chi connectivity index (χ3v) is 4.26. The second-order valence-electron chi connectivity index (χ2n) is 6.00. The number of rotatable bonds is 4. The molecule has 0 unspecified atom stereocenters. The van der Waals surface area contributed by atoms with Crippen LogP contribution >= 0.6 is 0 Å². The van der Waals surface area contributed by atoms with Crippen molar-refractivity contribution in [3.05, 3.63) is 89.0 Å². The highest BCUT2D eigenvalue weighted by Gasteiger charge is 2.19. The van der Waals surface area contributed by atoms with Gasteiger partial charge in [0.2, 0.25) is 0 Å². The molecule has 0 amide bonds. The Morgan fingerprint density at radius 1 is 0.852 bits per heavy atom. The molecule has 3 aromatic carbocycles. The fourth-order valence-corrected chi connectivity index (χ4v) is 2.95. The van der Waals surface area contributed by atoms with Crippen LogP contribution in [0.4, 0.5) is 5.69 Å². The van der Waals surface area contributed by atoms with Crippen molar-refractivity contribution in [2.75, 3.05) is 0 Å². The third kappa shape index (κ3) is 3.16. The first-order valence-electron chi connectivity index (χ1n) is 8.32. The molecule has 0 aliphatic heterocycles. The summed E-state index contributed by atoms with van der Waals surface area (Å²) >= 11 is 0. The van der Waals surface area contributed by atoms with Gasteiger partial charge in [0.05, 0.1) is 16.3 Å². The number of phenolic OH excluding ortho intramolecular Hbond substituents is 1. The normalized spacial score (nSPS) is 10.7. The molecule has 0 radical (unpaired) electrons. The molecule has 4 rings (SSSR count). The van der Waals surface area contributed by atoms with Gasteiger partial charge in [0.1, 0.15) is 5.82 Å². The summed E-state index contributed by atoms with van der Waals surface area (Å²) < 4.78 is 0. The molecule has 1 heterocycles. The topological polar surface area (TPSA) is 92.0 Å². The molecule has 132 valence electrons. The second kappa shape index (κ2) is 6.76. The lowest BCUT2D eigenvalue weighted by molar-refractivity contribution is -0.385. The van der Waals surface area contributed by atoms with Crippen molar-refractivity contribution in [3.63, 3.8) is 0 Å². The van der Waals surface area contributed by atoms with E-state index in [2.05, 4.69) is 4.98 Å².